The van der Waals surface area contributed by atoms with Gasteiger partial charge in [-0.2, -0.15) is 0 Å². The van der Waals surface area contributed by atoms with Crippen LogP contribution in [0.5, 0.6) is 0 Å². The topological polar surface area (TPSA) is 64.7 Å². The second-order valence-electron chi connectivity index (χ2n) is 7.53. The summed E-state index contributed by atoms with van der Waals surface area (Å²) in [5.41, 5.74) is 3.42. The van der Waals surface area contributed by atoms with Crippen LogP contribution in [0.25, 0.3) is 0 Å². The maximum absolute atomic E-state index is 12.5. The average Bonchev–Trinajstić information content (AvgIpc) is 3.10. The molecule has 0 spiro atoms. The molecule has 0 aromatic heterocycles. The third kappa shape index (κ3) is 5.10. The number of nitrogens with one attached hydrogen (secondary N) is 2. The van der Waals surface area contributed by atoms with Crippen LogP contribution in [-0.2, 0) is 6.54 Å². The van der Waals surface area contributed by atoms with Crippen molar-refractivity contribution in [2.75, 3.05) is 32.5 Å². The van der Waals surface area contributed by atoms with Crippen molar-refractivity contribution >= 4 is 17.6 Å². The summed E-state index contributed by atoms with van der Waals surface area (Å²) < 4.78 is 0. The summed E-state index contributed by atoms with van der Waals surface area (Å²) in [6.07, 6.45) is 0.929. The standard InChI is InChI=1S/C22H28N4O2/c1-16-9-10-18(21(27)25(2)3)13-20(16)24-22(28)23-19-11-12-26(15-19)14-17-7-5-4-6-8-17/h4-10,13,19H,11-12,14-15H2,1-3H3,(H2,23,24,28). The number of benzene rings is 2. The first-order valence-corrected chi connectivity index (χ1v) is 9.58. The van der Waals surface area contributed by atoms with Gasteiger partial charge in [0.25, 0.3) is 5.91 Å². The first-order valence-electron chi connectivity index (χ1n) is 9.58. The van der Waals surface area contributed by atoms with Gasteiger partial charge in [-0.1, -0.05) is 36.4 Å². The van der Waals surface area contributed by atoms with Gasteiger partial charge in [0.1, 0.15) is 0 Å². The molecule has 0 bridgehead atoms. The van der Waals surface area contributed by atoms with Gasteiger partial charge in [-0.3, -0.25) is 9.69 Å². The summed E-state index contributed by atoms with van der Waals surface area (Å²) >= 11 is 0. The van der Waals surface area contributed by atoms with E-state index in [9.17, 15) is 9.59 Å². The first kappa shape index (κ1) is 19.9. The molecular weight excluding hydrogens is 352 g/mol. The Hall–Kier alpha value is -2.86. The second-order valence-corrected chi connectivity index (χ2v) is 7.53. The van der Waals surface area contributed by atoms with Gasteiger partial charge in [-0.25, -0.2) is 4.79 Å². The van der Waals surface area contributed by atoms with E-state index in [4.69, 9.17) is 0 Å². The molecule has 2 N–H and O–H groups in total. The highest BCUT2D eigenvalue weighted by Gasteiger charge is 2.24. The quantitative estimate of drug-likeness (QED) is 0.838. The predicted molar refractivity (Wildman–Crippen MR) is 111 cm³/mol. The van der Waals surface area contributed by atoms with Crippen molar-refractivity contribution in [3.63, 3.8) is 0 Å². The Morgan fingerprint density at radius 3 is 2.61 bits per heavy atom. The number of nitrogens with zero attached hydrogens (tertiary/aromatic N) is 2. The monoisotopic (exact) mass is 380 g/mol. The lowest BCUT2D eigenvalue weighted by atomic mass is 10.1. The first-order chi connectivity index (χ1) is 13.4. The third-order valence-electron chi connectivity index (χ3n) is 5.00. The van der Waals surface area contributed by atoms with Crippen LogP contribution in [0.1, 0.15) is 27.9 Å². The Bertz CT molecular complexity index is 836. The molecule has 1 saturated heterocycles. The van der Waals surface area contributed by atoms with Crippen molar-refractivity contribution < 1.29 is 9.59 Å². The van der Waals surface area contributed by atoms with E-state index >= 15 is 0 Å². The Balaban J connectivity index is 1.55. The van der Waals surface area contributed by atoms with E-state index in [2.05, 4.69) is 27.7 Å². The Morgan fingerprint density at radius 2 is 1.89 bits per heavy atom. The number of aryl methyl sites for hydroxylation is 1. The number of likely N-dealkylation sites (tertiary alicyclic amines) is 1. The lowest BCUT2D eigenvalue weighted by Crippen LogP contribution is -2.39. The molecule has 3 amide bonds. The predicted octanol–water partition coefficient (Wildman–Crippen LogP) is 3.09. The van der Waals surface area contributed by atoms with Gasteiger partial charge in [-0.05, 0) is 36.6 Å². The molecule has 1 aliphatic rings. The number of anilines is 1. The molecule has 0 saturated carbocycles. The lowest BCUT2D eigenvalue weighted by molar-refractivity contribution is 0.0827. The molecular formula is C22H28N4O2. The van der Waals surface area contributed by atoms with Crippen LogP contribution in [0, 0.1) is 6.92 Å². The molecule has 1 unspecified atom stereocenters. The van der Waals surface area contributed by atoms with Crippen LogP contribution in [0.2, 0.25) is 0 Å². The van der Waals surface area contributed by atoms with Gasteiger partial charge < -0.3 is 15.5 Å². The number of carbonyl (C=O) groups is 2. The minimum absolute atomic E-state index is 0.0872. The van der Waals surface area contributed by atoms with Crippen molar-refractivity contribution in [2.45, 2.75) is 25.9 Å². The van der Waals surface area contributed by atoms with Crippen LogP contribution in [0.15, 0.2) is 48.5 Å². The summed E-state index contributed by atoms with van der Waals surface area (Å²) in [6, 6.07) is 15.6. The van der Waals surface area contributed by atoms with Crippen molar-refractivity contribution in [2.24, 2.45) is 0 Å². The molecule has 0 aliphatic carbocycles. The van der Waals surface area contributed by atoms with Gasteiger partial charge in [-0.15, -0.1) is 0 Å². The average molecular weight is 380 g/mol. The maximum atomic E-state index is 12.5. The highest BCUT2D eigenvalue weighted by atomic mass is 16.2. The molecule has 1 fully saturated rings. The molecule has 6 heteroatoms. The number of hydrogen-bond acceptors (Lipinski definition) is 3. The minimum atomic E-state index is -0.232. The van der Waals surface area contributed by atoms with Gasteiger partial charge >= 0.3 is 6.03 Å². The maximum Gasteiger partial charge on any atom is 0.319 e. The molecule has 1 heterocycles. The van der Waals surface area contributed by atoms with E-state index < -0.39 is 0 Å². The van der Waals surface area contributed by atoms with E-state index in [1.807, 2.05) is 31.2 Å². The molecule has 1 atom stereocenters. The number of rotatable bonds is 5. The van der Waals surface area contributed by atoms with Crippen molar-refractivity contribution in [3.05, 3.63) is 65.2 Å². The highest BCUT2D eigenvalue weighted by Crippen LogP contribution is 2.18. The lowest BCUT2D eigenvalue weighted by Gasteiger charge is -2.18. The summed E-state index contributed by atoms with van der Waals surface area (Å²) in [6.45, 7) is 4.61. The van der Waals surface area contributed by atoms with Crippen LogP contribution >= 0.6 is 0 Å². The minimum Gasteiger partial charge on any atom is -0.345 e. The molecule has 2 aromatic carbocycles. The Morgan fingerprint density at radius 1 is 1.14 bits per heavy atom. The number of urea groups is 1. The van der Waals surface area contributed by atoms with Gasteiger partial charge in [0.05, 0.1) is 0 Å². The SMILES string of the molecule is Cc1ccc(C(=O)N(C)C)cc1NC(=O)NC1CCN(Cc2ccccc2)C1. The number of amides is 3. The summed E-state index contributed by atoms with van der Waals surface area (Å²) in [5, 5.41) is 5.95. The molecule has 2 aromatic rings. The van der Waals surface area contributed by atoms with E-state index in [-0.39, 0.29) is 18.0 Å². The van der Waals surface area contributed by atoms with E-state index in [0.29, 0.717) is 11.3 Å². The van der Waals surface area contributed by atoms with E-state index in [0.717, 1.165) is 31.6 Å². The summed E-state index contributed by atoms with van der Waals surface area (Å²) in [4.78, 5) is 28.5. The number of hydrogen-bond donors (Lipinski definition) is 2. The van der Waals surface area contributed by atoms with Crippen molar-refractivity contribution in [3.8, 4) is 0 Å². The normalized spacial score (nSPS) is 16.6. The van der Waals surface area contributed by atoms with Gasteiger partial charge in [0, 0.05) is 51.0 Å². The van der Waals surface area contributed by atoms with Crippen LogP contribution in [0.4, 0.5) is 10.5 Å². The van der Waals surface area contributed by atoms with Crippen molar-refractivity contribution in [1.82, 2.24) is 15.1 Å². The van der Waals surface area contributed by atoms with Crippen LogP contribution < -0.4 is 10.6 Å². The Labute approximate surface area is 166 Å². The fraction of sp³-hybridized carbons (Fsp3) is 0.364. The van der Waals surface area contributed by atoms with Gasteiger partial charge in [0.2, 0.25) is 0 Å². The zero-order valence-electron chi connectivity index (χ0n) is 16.7. The fourth-order valence-electron chi connectivity index (χ4n) is 3.43. The second kappa shape index (κ2) is 8.89. The van der Waals surface area contributed by atoms with E-state index in [1.54, 1.807) is 26.2 Å². The van der Waals surface area contributed by atoms with Crippen LogP contribution in [0.3, 0.4) is 0 Å². The van der Waals surface area contributed by atoms with Gasteiger partial charge in [0.15, 0.2) is 0 Å². The molecule has 6 nitrogen and oxygen atoms in total. The fourth-order valence-corrected chi connectivity index (χ4v) is 3.43. The molecule has 3 rings (SSSR count). The zero-order chi connectivity index (χ0) is 20.1. The van der Waals surface area contributed by atoms with Crippen LogP contribution in [-0.4, -0.2) is 55.0 Å². The third-order valence-corrected chi connectivity index (χ3v) is 5.00. The molecule has 28 heavy (non-hydrogen) atoms. The Kier molecular flexibility index (Phi) is 6.31. The molecule has 0 radical (unpaired) electrons. The summed E-state index contributed by atoms with van der Waals surface area (Å²) in [5.74, 6) is -0.0872. The largest absolute Gasteiger partial charge is 0.345 e. The molecule has 1 aliphatic heterocycles. The zero-order valence-corrected chi connectivity index (χ0v) is 16.7. The van der Waals surface area contributed by atoms with E-state index in [1.165, 1.54) is 10.5 Å². The number of carbonyl (C=O) groups excluding carboxylic acids is 2. The highest BCUT2D eigenvalue weighted by molar-refractivity contribution is 5.97. The summed E-state index contributed by atoms with van der Waals surface area (Å²) in [7, 11) is 3.42. The molecule has 148 valence electrons. The smallest absolute Gasteiger partial charge is 0.319 e. The van der Waals surface area contributed by atoms with Crippen molar-refractivity contribution in [1.29, 1.82) is 0 Å².